The van der Waals surface area contributed by atoms with E-state index < -0.39 is 61.7 Å². The van der Waals surface area contributed by atoms with Crippen molar-refractivity contribution in [2.45, 2.75) is 42.7 Å². The summed E-state index contributed by atoms with van der Waals surface area (Å²) < 4.78 is 84.3. The number of benzene rings is 1. The average Bonchev–Trinajstić information content (AvgIpc) is 2.79. The second-order valence-electron chi connectivity index (χ2n) is 8.64. The number of nitrogens with zero attached hydrogens (tertiary/aromatic N) is 5. The lowest BCUT2D eigenvalue weighted by atomic mass is 9.68. The second kappa shape index (κ2) is 9.60. The maximum atomic E-state index is 14.8. The maximum absolute atomic E-state index is 14.8. The average molecular weight is 550 g/mol. The molecule has 1 aliphatic carbocycles. The van der Waals surface area contributed by atoms with Crippen LogP contribution in [0, 0.1) is 24.1 Å². The van der Waals surface area contributed by atoms with E-state index in [1.165, 1.54) is 18.2 Å². The predicted molar refractivity (Wildman–Crippen MR) is 122 cm³/mol. The molecule has 2 aromatic heterocycles. The summed E-state index contributed by atoms with van der Waals surface area (Å²) in [6, 6.07) is 8.04. The predicted octanol–water partition coefficient (Wildman–Crippen LogP) is 4.13. The van der Waals surface area contributed by atoms with Crippen molar-refractivity contribution in [3.05, 3.63) is 58.7 Å². The van der Waals surface area contributed by atoms with Crippen LogP contribution in [0.1, 0.15) is 46.6 Å². The van der Waals surface area contributed by atoms with Crippen LogP contribution >= 0.6 is 0 Å². The van der Waals surface area contributed by atoms with Crippen molar-refractivity contribution in [3.63, 3.8) is 0 Å². The van der Waals surface area contributed by atoms with Crippen LogP contribution in [0.5, 0.6) is 11.8 Å². The number of alkyl halides is 3. The van der Waals surface area contributed by atoms with Gasteiger partial charge in [0.25, 0.3) is 17.7 Å². The molecular weight excluding hydrogens is 532 g/mol. The summed E-state index contributed by atoms with van der Waals surface area (Å²) in [7, 11) is -3.65. The van der Waals surface area contributed by atoms with Gasteiger partial charge in [0.05, 0.1) is 16.7 Å². The summed E-state index contributed by atoms with van der Waals surface area (Å²) in [6.45, 7) is 0.949. The van der Waals surface area contributed by atoms with Crippen LogP contribution in [0.25, 0.3) is 0 Å². The summed E-state index contributed by atoms with van der Waals surface area (Å²) in [5.74, 6) is -3.84. The summed E-state index contributed by atoms with van der Waals surface area (Å²) in [5.41, 5.74) is -3.86. The summed E-state index contributed by atoms with van der Waals surface area (Å²) in [6.07, 6.45) is -2.36. The van der Waals surface area contributed by atoms with E-state index in [0.717, 1.165) is 31.7 Å². The third-order valence-electron chi connectivity index (χ3n) is 6.02. The molecule has 0 spiro atoms. The van der Waals surface area contributed by atoms with Gasteiger partial charge in [0.1, 0.15) is 11.0 Å². The van der Waals surface area contributed by atoms with Crippen molar-refractivity contribution < 1.29 is 35.5 Å². The molecule has 0 unspecified atom stereocenters. The number of ether oxygens (including phenoxy) is 1. The molecule has 0 radical (unpaired) electrons. The number of anilines is 1. The Bertz CT molecular complexity index is 1580. The molecule has 0 aliphatic heterocycles. The Hall–Kier alpha value is -4.19. The van der Waals surface area contributed by atoms with Crippen molar-refractivity contribution in [3.8, 4) is 17.8 Å². The van der Waals surface area contributed by atoms with Gasteiger partial charge in [0, 0.05) is 18.0 Å². The van der Waals surface area contributed by atoms with Crippen molar-refractivity contribution in [1.29, 1.82) is 5.26 Å². The molecule has 198 valence electrons. The largest absolute Gasteiger partial charge is 0.435 e. The molecular formula is C23H18F4N6O4S. The Morgan fingerprint density at radius 1 is 1.13 bits per heavy atom. The third-order valence-corrected chi connectivity index (χ3v) is 7.13. The van der Waals surface area contributed by atoms with Gasteiger partial charge in [-0.25, -0.2) is 12.8 Å². The van der Waals surface area contributed by atoms with E-state index in [-0.39, 0.29) is 16.3 Å². The zero-order chi connectivity index (χ0) is 27.9. The summed E-state index contributed by atoms with van der Waals surface area (Å²) in [5, 5.41) is 25.6. The van der Waals surface area contributed by atoms with Crippen LogP contribution in [0.3, 0.4) is 0 Å². The van der Waals surface area contributed by atoms with Gasteiger partial charge in [-0.3, -0.25) is 4.79 Å². The van der Waals surface area contributed by atoms with Gasteiger partial charge < -0.3 is 10.1 Å². The Balaban J connectivity index is 1.73. The number of hydrogen-bond donors (Lipinski definition) is 1. The molecule has 0 bridgehead atoms. The highest BCUT2D eigenvalue weighted by Gasteiger charge is 2.42. The van der Waals surface area contributed by atoms with E-state index in [9.17, 15) is 36.0 Å². The van der Waals surface area contributed by atoms with E-state index in [2.05, 4.69) is 31.8 Å². The van der Waals surface area contributed by atoms with Crippen molar-refractivity contribution in [1.82, 2.24) is 20.4 Å². The highest BCUT2D eigenvalue weighted by molar-refractivity contribution is 7.90. The first-order valence-electron chi connectivity index (χ1n) is 10.9. The third kappa shape index (κ3) is 5.12. The Morgan fingerprint density at radius 2 is 1.82 bits per heavy atom. The molecule has 1 amide bonds. The summed E-state index contributed by atoms with van der Waals surface area (Å²) >= 11 is 0. The van der Waals surface area contributed by atoms with Crippen molar-refractivity contribution in [2.75, 3.05) is 11.6 Å². The van der Waals surface area contributed by atoms with Gasteiger partial charge >= 0.3 is 6.18 Å². The number of sulfone groups is 1. The molecule has 1 aromatic carbocycles. The fourth-order valence-corrected chi connectivity index (χ4v) is 4.48. The first-order chi connectivity index (χ1) is 17.7. The zero-order valence-electron chi connectivity index (χ0n) is 19.8. The van der Waals surface area contributed by atoms with Gasteiger partial charge in [-0.1, -0.05) is 6.07 Å². The standard InChI is InChI=1S/C23H18F4N6O4S/c1-12-17(19(34)29-13-5-3-6-14(9-13)38(2,35)36)21(33-31-18(12)23(25,26)27)37-20-15(24)10-16(30-32-20)22(11-28)7-4-8-22/h3,5-6,9-10H,4,7-8H2,1-2H3,(H,29,34). The van der Waals surface area contributed by atoms with Gasteiger partial charge in [-0.05, 0) is 49.9 Å². The number of halogens is 4. The highest BCUT2D eigenvalue weighted by atomic mass is 32.2. The first-order valence-corrected chi connectivity index (χ1v) is 12.8. The maximum Gasteiger partial charge on any atom is 0.435 e. The summed E-state index contributed by atoms with van der Waals surface area (Å²) in [4.78, 5) is 13.0. The minimum atomic E-state index is -4.98. The van der Waals surface area contributed by atoms with Gasteiger partial charge in [0.15, 0.2) is 21.3 Å². The molecule has 4 rings (SSSR count). The molecule has 3 aromatic rings. The number of carbonyl (C=O) groups excluding carboxylic acids is 1. The minimum absolute atomic E-state index is 0.0497. The number of rotatable bonds is 6. The van der Waals surface area contributed by atoms with Crippen LogP contribution in [-0.2, 0) is 21.4 Å². The van der Waals surface area contributed by atoms with Gasteiger partial charge in [-0.15, -0.1) is 20.4 Å². The molecule has 1 saturated carbocycles. The number of nitrogens with one attached hydrogen (secondary N) is 1. The smallest absolute Gasteiger partial charge is 0.414 e. The Morgan fingerprint density at radius 3 is 2.37 bits per heavy atom. The zero-order valence-corrected chi connectivity index (χ0v) is 20.6. The van der Waals surface area contributed by atoms with Crippen molar-refractivity contribution in [2.24, 2.45) is 0 Å². The highest BCUT2D eigenvalue weighted by Crippen LogP contribution is 2.43. The number of nitriles is 1. The lowest BCUT2D eigenvalue weighted by Crippen LogP contribution is -2.33. The number of carbonyl (C=O) groups is 1. The van der Waals surface area contributed by atoms with Crippen molar-refractivity contribution >= 4 is 21.4 Å². The normalized spacial score (nSPS) is 14.8. The molecule has 0 atom stereocenters. The van der Waals surface area contributed by atoms with E-state index in [0.29, 0.717) is 12.8 Å². The second-order valence-corrected chi connectivity index (χ2v) is 10.7. The van der Waals surface area contributed by atoms with Crippen LogP contribution in [0.2, 0.25) is 0 Å². The fourth-order valence-electron chi connectivity index (χ4n) is 3.81. The lowest BCUT2D eigenvalue weighted by Gasteiger charge is -2.33. The minimum Gasteiger partial charge on any atom is -0.414 e. The number of amides is 1. The van der Waals surface area contributed by atoms with Crippen LogP contribution in [0.4, 0.5) is 23.2 Å². The van der Waals surface area contributed by atoms with E-state index in [4.69, 9.17) is 4.74 Å². The van der Waals surface area contributed by atoms with Crippen LogP contribution in [0.15, 0.2) is 35.2 Å². The molecule has 1 fully saturated rings. The Kier molecular flexibility index (Phi) is 6.79. The Labute approximate surface area is 213 Å². The monoisotopic (exact) mass is 550 g/mol. The van der Waals surface area contributed by atoms with E-state index >= 15 is 0 Å². The molecule has 15 heteroatoms. The fraction of sp³-hybridized carbons (Fsp3) is 0.304. The molecule has 1 N–H and O–H groups in total. The molecule has 10 nitrogen and oxygen atoms in total. The first kappa shape index (κ1) is 26.9. The van der Waals surface area contributed by atoms with Gasteiger partial charge in [0.2, 0.25) is 0 Å². The molecule has 0 saturated heterocycles. The van der Waals surface area contributed by atoms with Gasteiger partial charge in [-0.2, -0.15) is 18.4 Å². The van der Waals surface area contributed by atoms with Crippen LogP contribution in [-0.4, -0.2) is 41.0 Å². The SMILES string of the molecule is Cc1c(C(F)(F)F)nnc(Oc2nnc(C3(C#N)CCC3)cc2F)c1C(=O)Nc1cccc(S(C)(=O)=O)c1. The van der Waals surface area contributed by atoms with E-state index in [1.54, 1.807) is 0 Å². The quantitative estimate of drug-likeness (QED) is 0.447. The number of aromatic nitrogens is 4. The topological polar surface area (TPSA) is 148 Å². The molecule has 2 heterocycles. The van der Waals surface area contributed by atoms with E-state index in [1.807, 2.05) is 0 Å². The number of hydrogen-bond acceptors (Lipinski definition) is 9. The molecule has 38 heavy (non-hydrogen) atoms. The lowest BCUT2D eigenvalue weighted by molar-refractivity contribution is -0.142. The molecule has 1 aliphatic rings. The van der Waals surface area contributed by atoms with Crippen LogP contribution < -0.4 is 10.1 Å².